The maximum absolute atomic E-state index is 13.0. The van der Waals surface area contributed by atoms with E-state index in [0.717, 1.165) is 0 Å². The van der Waals surface area contributed by atoms with Crippen LogP contribution in [0.4, 0.5) is 13.2 Å². The van der Waals surface area contributed by atoms with E-state index in [0.29, 0.717) is 29.5 Å². The van der Waals surface area contributed by atoms with Crippen molar-refractivity contribution in [2.24, 2.45) is 11.1 Å². The number of rotatable bonds is 7. The molecule has 1 aliphatic carbocycles. The smallest absolute Gasteiger partial charge is 0.422 e. The second-order valence-corrected chi connectivity index (χ2v) is 9.19. The number of alkyl halides is 3. The Morgan fingerprint density at radius 3 is 2.42 bits per heavy atom. The molecule has 2 aliphatic rings. The molecule has 0 aromatic heterocycles. The van der Waals surface area contributed by atoms with Gasteiger partial charge in [-0.2, -0.15) is 13.2 Å². The van der Waals surface area contributed by atoms with Crippen LogP contribution in [0.5, 0.6) is 5.75 Å². The molecule has 1 aromatic carbocycles. The normalized spacial score (nSPS) is 22.2. The first-order valence-corrected chi connectivity index (χ1v) is 10.7. The van der Waals surface area contributed by atoms with Crippen LogP contribution in [0.25, 0.3) is 0 Å². The number of oxime groups is 1. The summed E-state index contributed by atoms with van der Waals surface area (Å²) in [6.45, 7) is 5.70. The lowest BCUT2D eigenvalue weighted by Crippen LogP contribution is -2.34. The lowest BCUT2D eigenvalue weighted by Gasteiger charge is -2.18. The molecule has 1 saturated carbocycles. The molecule has 0 spiro atoms. The first-order chi connectivity index (χ1) is 15.3. The number of Topliss-reactive ketones (excluding diaryl/α,β-unsaturated/α-hetero) is 2. The van der Waals surface area contributed by atoms with E-state index in [9.17, 15) is 27.6 Å². The molecule has 1 heterocycles. The predicted molar refractivity (Wildman–Crippen MR) is 113 cm³/mol. The molecule has 7 nitrogen and oxygen atoms in total. The SMILES string of the molecule is Cc1cc(OCC(F)(F)F)cc(C)c1C1C(=O)CC(CCNC(=O)C2=NOC(C)(C)C2)C1=O. The Labute approximate surface area is 189 Å². The summed E-state index contributed by atoms with van der Waals surface area (Å²) in [6.07, 6.45) is -3.73. The minimum atomic E-state index is -4.46. The maximum atomic E-state index is 13.0. The summed E-state index contributed by atoms with van der Waals surface area (Å²) in [6, 6.07) is 2.82. The molecule has 1 aliphatic heterocycles. The Bertz CT molecular complexity index is 977. The molecule has 1 amide bonds. The minimum Gasteiger partial charge on any atom is -0.484 e. The van der Waals surface area contributed by atoms with Crippen molar-refractivity contribution in [1.29, 1.82) is 0 Å². The van der Waals surface area contributed by atoms with Crippen LogP contribution in [0.15, 0.2) is 17.3 Å². The van der Waals surface area contributed by atoms with Crippen molar-refractivity contribution < 1.29 is 37.1 Å². The summed E-state index contributed by atoms with van der Waals surface area (Å²) in [5, 5.41) is 6.50. The van der Waals surface area contributed by atoms with E-state index in [2.05, 4.69) is 10.5 Å². The number of carbonyl (C=O) groups is 3. The van der Waals surface area contributed by atoms with Gasteiger partial charge < -0.3 is 14.9 Å². The molecule has 0 radical (unpaired) electrons. The van der Waals surface area contributed by atoms with Crippen LogP contribution in [-0.4, -0.2) is 48.1 Å². The van der Waals surface area contributed by atoms with Crippen LogP contribution < -0.4 is 10.1 Å². The average Bonchev–Trinajstić information content (AvgIpc) is 3.19. The van der Waals surface area contributed by atoms with Crippen LogP contribution in [0, 0.1) is 19.8 Å². The number of ether oxygens (including phenoxy) is 1. The largest absolute Gasteiger partial charge is 0.484 e. The Hall–Kier alpha value is -2.91. The quantitative estimate of drug-likeness (QED) is 0.618. The second kappa shape index (κ2) is 9.15. The molecular formula is C23H27F3N2O5. The molecule has 0 bridgehead atoms. The van der Waals surface area contributed by atoms with Gasteiger partial charge in [-0.3, -0.25) is 14.4 Å². The number of amides is 1. The first-order valence-electron chi connectivity index (χ1n) is 10.7. The fraction of sp³-hybridized carbons (Fsp3) is 0.565. The third-order valence-electron chi connectivity index (χ3n) is 5.75. The third kappa shape index (κ3) is 5.91. The topological polar surface area (TPSA) is 94.1 Å². The van der Waals surface area contributed by atoms with Crippen molar-refractivity contribution in [3.8, 4) is 5.75 Å². The van der Waals surface area contributed by atoms with E-state index in [1.165, 1.54) is 12.1 Å². The van der Waals surface area contributed by atoms with Crippen LogP contribution in [0.1, 0.15) is 55.7 Å². The van der Waals surface area contributed by atoms with Crippen molar-refractivity contribution in [1.82, 2.24) is 5.32 Å². The van der Waals surface area contributed by atoms with Crippen molar-refractivity contribution in [3.05, 3.63) is 28.8 Å². The summed E-state index contributed by atoms with van der Waals surface area (Å²) < 4.78 is 42.1. The zero-order valence-corrected chi connectivity index (χ0v) is 19.0. The zero-order valence-electron chi connectivity index (χ0n) is 19.0. The zero-order chi connectivity index (χ0) is 24.6. The number of benzene rings is 1. The Morgan fingerprint density at radius 1 is 1.24 bits per heavy atom. The number of halogens is 3. The molecule has 1 fully saturated rings. The first kappa shape index (κ1) is 24.7. The van der Waals surface area contributed by atoms with Gasteiger partial charge in [0.1, 0.15) is 28.8 Å². The minimum absolute atomic E-state index is 0.0326. The highest BCUT2D eigenvalue weighted by Gasteiger charge is 2.43. The fourth-order valence-electron chi connectivity index (χ4n) is 4.27. The molecular weight excluding hydrogens is 441 g/mol. The van der Waals surface area contributed by atoms with E-state index < -0.39 is 30.2 Å². The molecule has 2 atom stereocenters. The molecule has 2 unspecified atom stereocenters. The second-order valence-electron chi connectivity index (χ2n) is 9.19. The number of nitrogens with zero attached hydrogens (tertiary/aromatic N) is 1. The maximum Gasteiger partial charge on any atom is 0.422 e. The van der Waals surface area contributed by atoms with Gasteiger partial charge in [0.2, 0.25) is 0 Å². The highest BCUT2D eigenvalue weighted by atomic mass is 19.4. The summed E-state index contributed by atoms with van der Waals surface area (Å²) in [5.41, 5.74) is 1.31. The molecule has 10 heteroatoms. The van der Waals surface area contributed by atoms with E-state index in [1.54, 1.807) is 13.8 Å². The van der Waals surface area contributed by atoms with Crippen LogP contribution in [-0.2, 0) is 19.2 Å². The van der Waals surface area contributed by atoms with Gasteiger partial charge >= 0.3 is 6.18 Å². The van der Waals surface area contributed by atoms with Gasteiger partial charge in [0, 0.05) is 25.3 Å². The van der Waals surface area contributed by atoms with Gasteiger partial charge in [0.15, 0.2) is 12.4 Å². The van der Waals surface area contributed by atoms with Gasteiger partial charge in [0.25, 0.3) is 5.91 Å². The standard InChI is InChI=1S/C23H27F3N2O5/c1-12-7-15(32-11-23(24,25)26)8-13(2)18(12)19-17(29)9-14(20(19)30)5-6-27-21(31)16-10-22(3,4)33-28-16/h7-8,14,19H,5-6,9-11H2,1-4H3,(H,27,31). The Morgan fingerprint density at radius 2 is 1.88 bits per heavy atom. The van der Waals surface area contributed by atoms with Gasteiger partial charge in [-0.15, -0.1) is 0 Å². The highest BCUT2D eigenvalue weighted by Crippen LogP contribution is 2.38. The molecule has 0 saturated heterocycles. The number of ketones is 2. The van der Waals surface area contributed by atoms with E-state index >= 15 is 0 Å². The van der Waals surface area contributed by atoms with Gasteiger partial charge in [-0.25, -0.2) is 0 Å². The summed E-state index contributed by atoms with van der Waals surface area (Å²) in [5.74, 6) is -2.31. The monoisotopic (exact) mass is 468 g/mol. The van der Waals surface area contributed by atoms with Gasteiger partial charge in [-0.05, 0) is 62.9 Å². The number of carbonyl (C=O) groups excluding carboxylic acids is 3. The van der Waals surface area contributed by atoms with E-state index in [1.807, 2.05) is 13.8 Å². The van der Waals surface area contributed by atoms with Crippen LogP contribution in [0.3, 0.4) is 0 Å². The lowest BCUT2D eigenvalue weighted by molar-refractivity contribution is -0.153. The number of hydrogen-bond acceptors (Lipinski definition) is 6. The fourth-order valence-corrected chi connectivity index (χ4v) is 4.27. The molecule has 33 heavy (non-hydrogen) atoms. The molecule has 180 valence electrons. The average molecular weight is 468 g/mol. The number of hydrogen-bond donors (Lipinski definition) is 1. The van der Waals surface area contributed by atoms with Gasteiger partial charge in [0.05, 0.1) is 0 Å². The van der Waals surface area contributed by atoms with Crippen LogP contribution in [0.2, 0.25) is 0 Å². The third-order valence-corrected chi connectivity index (χ3v) is 5.75. The van der Waals surface area contributed by atoms with E-state index in [4.69, 9.17) is 9.57 Å². The number of nitrogens with one attached hydrogen (secondary N) is 1. The van der Waals surface area contributed by atoms with Crippen molar-refractivity contribution in [3.63, 3.8) is 0 Å². The Balaban J connectivity index is 1.62. The van der Waals surface area contributed by atoms with Crippen molar-refractivity contribution >= 4 is 23.2 Å². The highest BCUT2D eigenvalue weighted by molar-refractivity contribution is 6.39. The van der Waals surface area contributed by atoms with Crippen molar-refractivity contribution in [2.75, 3.05) is 13.2 Å². The molecule has 3 rings (SSSR count). The molecule has 1 N–H and O–H groups in total. The van der Waals surface area contributed by atoms with Crippen molar-refractivity contribution in [2.45, 2.75) is 64.7 Å². The number of aryl methyl sites for hydroxylation is 2. The van der Waals surface area contributed by atoms with Gasteiger partial charge in [-0.1, -0.05) is 5.16 Å². The summed E-state index contributed by atoms with van der Waals surface area (Å²) in [7, 11) is 0. The van der Waals surface area contributed by atoms with E-state index in [-0.39, 0.29) is 41.9 Å². The van der Waals surface area contributed by atoms with Crippen LogP contribution >= 0.6 is 0 Å². The lowest BCUT2D eigenvalue weighted by atomic mass is 9.87. The Kier molecular flexibility index (Phi) is 6.85. The molecule has 1 aromatic rings. The predicted octanol–water partition coefficient (Wildman–Crippen LogP) is 3.55. The summed E-state index contributed by atoms with van der Waals surface area (Å²) >= 11 is 0. The summed E-state index contributed by atoms with van der Waals surface area (Å²) in [4.78, 5) is 43.1.